The van der Waals surface area contributed by atoms with E-state index in [1.54, 1.807) is 21.1 Å². The Balaban J connectivity index is 4.26. The minimum Gasteiger partial charge on any atom is -0.544 e. The molecule has 322 valence electrons. The van der Waals surface area contributed by atoms with Gasteiger partial charge in [0.1, 0.15) is 12.6 Å². The number of carbonyl (C=O) groups is 3. The lowest BCUT2D eigenvalue weighted by Crippen LogP contribution is -2.55. The summed E-state index contributed by atoms with van der Waals surface area (Å²) in [5.41, 5.74) is 0. The van der Waals surface area contributed by atoms with Gasteiger partial charge < -0.3 is 28.6 Å². The van der Waals surface area contributed by atoms with Crippen LogP contribution in [0, 0.1) is 0 Å². The second-order valence-corrected chi connectivity index (χ2v) is 16.7. The lowest BCUT2D eigenvalue weighted by atomic mass is 10.0. The number of esters is 2. The van der Waals surface area contributed by atoms with Crippen molar-refractivity contribution in [3.63, 3.8) is 0 Å². The third-order valence-corrected chi connectivity index (χ3v) is 10.4. The first kappa shape index (κ1) is 52.8. The van der Waals surface area contributed by atoms with E-state index in [9.17, 15) is 19.5 Å². The van der Waals surface area contributed by atoms with E-state index in [0.29, 0.717) is 12.8 Å². The molecule has 0 rings (SSSR count). The molecule has 0 aromatic heterocycles. The van der Waals surface area contributed by atoms with E-state index in [-0.39, 0.29) is 42.7 Å². The largest absolute Gasteiger partial charge is 0.544 e. The van der Waals surface area contributed by atoms with Crippen molar-refractivity contribution in [2.75, 3.05) is 41.0 Å². The van der Waals surface area contributed by atoms with E-state index in [0.717, 1.165) is 38.5 Å². The average molecular weight is 778 g/mol. The van der Waals surface area contributed by atoms with Crippen molar-refractivity contribution in [3.05, 3.63) is 24.3 Å². The number of hydrogen-bond donors (Lipinski definition) is 0. The highest BCUT2D eigenvalue weighted by Crippen LogP contribution is 2.15. The number of ether oxygens (including phenoxy) is 3. The zero-order valence-corrected chi connectivity index (χ0v) is 36.6. The number of rotatable bonds is 41. The summed E-state index contributed by atoms with van der Waals surface area (Å²) in [6, 6.07) is -0.722. The van der Waals surface area contributed by atoms with Crippen LogP contribution in [-0.4, -0.2) is 75.5 Å². The van der Waals surface area contributed by atoms with E-state index < -0.39 is 18.1 Å². The Hall–Kier alpha value is -2.19. The Labute approximate surface area is 339 Å². The molecule has 0 amide bonds. The molecule has 0 fully saturated rings. The number of unbranched alkanes of at least 4 members (excludes halogenated alkanes) is 24. The SMILES string of the molecule is CCCCC/C=C/C=C/CCCCCCCCCCCCC(=O)OCC(COCCC(C(=O)[O-])[N+](C)(C)C)OC(=O)CCCCCCCCCCCCCC. The van der Waals surface area contributed by atoms with Gasteiger partial charge in [0.15, 0.2) is 6.10 Å². The molecule has 0 N–H and O–H groups in total. The number of hydrogen-bond acceptors (Lipinski definition) is 7. The third kappa shape index (κ3) is 37.2. The fraction of sp³-hybridized carbons (Fsp3) is 0.851. The zero-order chi connectivity index (χ0) is 40.7. The summed E-state index contributed by atoms with van der Waals surface area (Å²) >= 11 is 0. The number of carboxylic acid groups (broad SMARTS) is 1. The van der Waals surface area contributed by atoms with Crippen LogP contribution in [0.5, 0.6) is 0 Å². The first-order valence-corrected chi connectivity index (χ1v) is 22.9. The van der Waals surface area contributed by atoms with Gasteiger partial charge in [0.2, 0.25) is 0 Å². The van der Waals surface area contributed by atoms with Gasteiger partial charge in [-0.05, 0) is 38.5 Å². The molecular weight excluding hydrogens is 691 g/mol. The Kier molecular flexibility index (Phi) is 37.1. The summed E-state index contributed by atoms with van der Waals surface area (Å²) < 4.78 is 17.2. The van der Waals surface area contributed by atoms with E-state index in [4.69, 9.17) is 14.2 Å². The first-order chi connectivity index (χ1) is 26.6. The number of carboxylic acids is 1. The van der Waals surface area contributed by atoms with E-state index >= 15 is 0 Å². The van der Waals surface area contributed by atoms with Crippen molar-refractivity contribution in [2.45, 2.75) is 219 Å². The molecule has 8 heteroatoms. The third-order valence-electron chi connectivity index (χ3n) is 10.4. The maximum absolute atomic E-state index is 12.7. The van der Waals surface area contributed by atoms with Gasteiger partial charge in [-0.25, -0.2) is 0 Å². The summed E-state index contributed by atoms with van der Waals surface area (Å²) in [5, 5.41) is 11.6. The molecule has 0 bridgehead atoms. The second-order valence-electron chi connectivity index (χ2n) is 16.7. The minimum absolute atomic E-state index is 0.0439. The highest BCUT2D eigenvalue weighted by atomic mass is 16.6. The highest BCUT2D eigenvalue weighted by molar-refractivity contribution is 5.70. The second kappa shape index (κ2) is 38.7. The highest BCUT2D eigenvalue weighted by Gasteiger charge is 2.25. The van der Waals surface area contributed by atoms with Crippen LogP contribution in [0.2, 0.25) is 0 Å². The molecule has 0 aliphatic carbocycles. The van der Waals surface area contributed by atoms with E-state index in [2.05, 4.69) is 38.2 Å². The van der Waals surface area contributed by atoms with Crippen LogP contribution < -0.4 is 5.11 Å². The van der Waals surface area contributed by atoms with Gasteiger partial charge in [-0.15, -0.1) is 0 Å². The van der Waals surface area contributed by atoms with E-state index in [1.807, 2.05) is 0 Å². The lowest BCUT2D eigenvalue weighted by Gasteiger charge is -2.34. The number of quaternary nitrogens is 1. The predicted octanol–water partition coefficient (Wildman–Crippen LogP) is 11.1. The van der Waals surface area contributed by atoms with Gasteiger partial charge in [-0.3, -0.25) is 9.59 Å². The fourth-order valence-electron chi connectivity index (χ4n) is 6.77. The van der Waals surface area contributed by atoms with Gasteiger partial charge in [0.25, 0.3) is 0 Å². The van der Waals surface area contributed by atoms with Gasteiger partial charge >= 0.3 is 11.9 Å². The normalized spacial score (nSPS) is 13.1. The van der Waals surface area contributed by atoms with Crippen molar-refractivity contribution in [2.24, 2.45) is 0 Å². The summed E-state index contributed by atoms with van der Waals surface area (Å²) in [6.07, 6.45) is 41.9. The van der Waals surface area contributed by atoms with Crippen LogP contribution in [0.3, 0.4) is 0 Å². The Morgan fingerprint density at radius 1 is 0.545 bits per heavy atom. The van der Waals surface area contributed by atoms with Gasteiger partial charge in [0, 0.05) is 19.3 Å². The Morgan fingerprint density at radius 2 is 0.945 bits per heavy atom. The zero-order valence-electron chi connectivity index (χ0n) is 36.6. The quantitative estimate of drug-likeness (QED) is 0.0264. The maximum atomic E-state index is 12.7. The average Bonchev–Trinajstić information content (AvgIpc) is 3.14. The molecule has 0 spiro atoms. The topological polar surface area (TPSA) is 102 Å². The number of likely N-dealkylation sites (N-methyl/N-ethyl adjacent to an activating group) is 1. The minimum atomic E-state index is -1.12. The molecule has 55 heavy (non-hydrogen) atoms. The fourth-order valence-corrected chi connectivity index (χ4v) is 6.77. The lowest BCUT2D eigenvalue weighted by molar-refractivity contribution is -0.889. The predicted molar refractivity (Wildman–Crippen MR) is 227 cm³/mol. The standard InChI is InChI=1S/C47H87NO7/c1-6-8-10-12-14-16-18-20-21-22-23-24-25-26-28-29-31-33-35-37-45(49)54-42-43(41-53-40-39-44(47(51)52)48(3,4)5)55-46(50)38-36-34-32-30-27-19-17-15-13-11-9-7-2/h14,16,18,20,43-44H,6-13,15,17,19,21-42H2,1-5H3/b16-14+,20-18+. The van der Waals surface area contributed by atoms with Crippen molar-refractivity contribution in [3.8, 4) is 0 Å². The molecule has 0 aliphatic heterocycles. The molecule has 0 radical (unpaired) electrons. The van der Waals surface area contributed by atoms with Crippen molar-refractivity contribution in [1.82, 2.24) is 0 Å². The number of carbonyl (C=O) groups excluding carboxylic acids is 3. The van der Waals surface area contributed by atoms with Crippen LogP contribution in [0.15, 0.2) is 24.3 Å². The summed E-state index contributed by atoms with van der Waals surface area (Å²) in [4.78, 5) is 36.8. The molecule has 0 saturated carbocycles. The molecule has 2 atom stereocenters. The molecule has 0 saturated heterocycles. The molecule has 0 aliphatic rings. The number of nitrogens with zero attached hydrogens (tertiary/aromatic N) is 1. The van der Waals surface area contributed by atoms with Crippen LogP contribution >= 0.6 is 0 Å². The van der Waals surface area contributed by atoms with Gasteiger partial charge in [0.05, 0.1) is 40.3 Å². The molecule has 0 aromatic rings. The van der Waals surface area contributed by atoms with Crippen molar-refractivity contribution >= 4 is 17.9 Å². The molecule has 8 nitrogen and oxygen atoms in total. The summed E-state index contributed by atoms with van der Waals surface area (Å²) in [7, 11) is 5.41. The van der Waals surface area contributed by atoms with Crippen LogP contribution in [0.25, 0.3) is 0 Å². The van der Waals surface area contributed by atoms with Crippen LogP contribution in [0.1, 0.15) is 206 Å². The Morgan fingerprint density at radius 3 is 1.40 bits per heavy atom. The number of allylic oxidation sites excluding steroid dienone is 4. The molecule has 0 heterocycles. The molecule has 2 unspecified atom stereocenters. The van der Waals surface area contributed by atoms with E-state index in [1.165, 1.54) is 135 Å². The van der Waals surface area contributed by atoms with Crippen LogP contribution in [0.4, 0.5) is 0 Å². The Bertz CT molecular complexity index is 957. The van der Waals surface area contributed by atoms with Crippen molar-refractivity contribution in [1.29, 1.82) is 0 Å². The maximum Gasteiger partial charge on any atom is 0.306 e. The number of aliphatic carboxylic acids is 1. The monoisotopic (exact) mass is 778 g/mol. The molecular formula is C47H87NO7. The molecule has 0 aromatic carbocycles. The summed E-state index contributed by atoms with van der Waals surface area (Å²) in [6.45, 7) is 4.64. The first-order valence-electron chi connectivity index (χ1n) is 22.9. The smallest absolute Gasteiger partial charge is 0.306 e. The van der Waals surface area contributed by atoms with Gasteiger partial charge in [-0.2, -0.15) is 0 Å². The van der Waals surface area contributed by atoms with Gasteiger partial charge in [-0.1, -0.05) is 173 Å². The summed E-state index contributed by atoms with van der Waals surface area (Å²) in [5.74, 6) is -1.73. The van der Waals surface area contributed by atoms with Crippen molar-refractivity contribution < 1.29 is 38.2 Å². The van der Waals surface area contributed by atoms with Crippen LogP contribution in [-0.2, 0) is 28.6 Å².